The fourth-order valence-electron chi connectivity index (χ4n) is 4.27. The van der Waals surface area contributed by atoms with Crippen molar-refractivity contribution in [2.45, 2.75) is 24.9 Å². The number of amides is 4. The van der Waals surface area contributed by atoms with Crippen molar-refractivity contribution in [1.82, 2.24) is 15.1 Å². The maximum absolute atomic E-state index is 13.7. The molecule has 0 aliphatic carbocycles. The number of nitrogens with one attached hydrogen (secondary N) is 1. The zero-order valence-corrected chi connectivity index (χ0v) is 18.9. The lowest BCUT2D eigenvalue weighted by molar-refractivity contribution is -0.161. The van der Waals surface area contributed by atoms with Gasteiger partial charge in [0, 0.05) is 36.8 Å². The average molecular weight is 477 g/mol. The maximum atomic E-state index is 13.7. The Bertz CT molecular complexity index is 1100. The normalized spacial score (nSPS) is 17.9. The van der Waals surface area contributed by atoms with Crippen LogP contribution in [0.1, 0.15) is 18.1 Å². The first-order chi connectivity index (χ1) is 15.5. The van der Waals surface area contributed by atoms with Gasteiger partial charge in [0.1, 0.15) is 6.54 Å². The fourth-order valence-corrected chi connectivity index (χ4v) is 4.45. The molecule has 2 aromatic carbocycles. The smallest absolute Gasteiger partial charge is 0.317 e. The van der Waals surface area contributed by atoms with Crippen molar-refractivity contribution in [2.24, 2.45) is 0 Å². The van der Waals surface area contributed by atoms with E-state index in [2.05, 4.69) is 5.32 Å². The molecule has 0 radical (unpaired) electrons. The zero-order valence-electron chi connectivity index (χ0n) is 18.1. The monoisotopic (exact) mass is 476 g/mol. The van der Waals surface area contributed by atoms with E-state index >= 15 is 0 Å². The maximum Gasteiger partial charge on any atom is 0.317 e. The first-order valence-electron chi connectivity index (χ1n) is 10.4. The predicted octanol–water partition coefficient (Wildman–Crippen LogP) is 3.22. The summed E-state index contributed by atoms with van der Waals surface area (Å²) in [6.07, 6.45) is 0. The number of urea groups is 1. The van der Waals surface area contributed by atoms with Crippen molar-refractivity contribution >= 4 is 35.1 Å². The number of halogens is 3. The molecule has 2 saturated heterocycles. The Hall–Kier alpha value is -3.20. The number of rotatable bonds is 4. The van der Waals surface area contributed by atoms with Crippen molar-refractivity contribution < 1.29 is 23.2 Å². The van der Waals surface area contributed by atoms with Gasteiger partial charge < -0.3 is 20.0 Å². The lowest BCUT2D eigenvalue weighted by Gasteiger charge is -2.57. The molecule has 0 saturated carbocycles. The first kappa shape index (κ1) is 23.0. The topological polar surface area (TPSA) is 73.0 Å². The second-order valence-corrected chi connectivity index (χ2v) is 8.82. The van der Waals surface area contributed by atoms with Crippen LogP contribution in [0, 0.1) is 0 Å². The summed E-state index contributed by atoms with van der Waals surface area (Å²) in [4.78, 5) is 43.3. The lowest BCUT2D eigenvalue weighted by atomic mass is 9.83. The molecular weight excluding hydrogens is 454 g/mol. The number of likely N-dealkylation sites (tertiary alicyclic amines) is 1. The molecule has 10 heteroatoms. The van der Waals surface area contributed by atoms with Gasteiger partial charge in [0.05, 0.1) is 13.1 Å². The van der Waals surface area contributed by atoms with Crippen LogP contribution in [-0.4, -0.2) is 59.9 Å². The molecule has 2 aliphatic rings. The molecule has 2 aromatic rings. The fraction of sp³-hybridized carbons (Fsp3) is 0.348. The van der Waals surface area contributed by atoms with Gasteiger partial charge in [-0.05, 0) is 23.8 Å². The molecule has 1 N–H and O–H groups in total. The Morgan fingerprint density at radius 2 is 1.82 bits per heavy atom. The second kappa shape index (κ2) is 8.30. The first-order valence-corrected chi connectivity index (χ1v) is 10.7. The molecule has 0 atom stereocenters. The van der Waals surface area contributed by atoms with Crippen molar-refractivity contribution in [3.05, 3.63) is 64.7 Å². The molecule has 4 rings (SSSR count). The van der Waals surface area contributed by atoms with Crippen molar-refractivity contribution in [3.8, 4) is 0 Å². The summed E-state index contributed by atoms with van der Waals surface area (Å²) in [5.74, 6) is -3.60. The van der Waals surface area contributed by atoms with Gasteiger partial charge in [-0.15, -0.1) is 0 Å². The highest BCUT2D eigenvalue weighted by Crippen LogP contribution is 2.37. The number of carbonyl (C=O) groups excluding carboxylic acids is 3. The van der Waals surface area contributed by atoms with Crippen molar-refractivity contribution in [2.75, 3.05) is 31.6 Å². The highest BCUT2D eigenvalue weighted by Gasteiger charge is 2.60. The quantitative estimate of drug-likeness (QED) is 0.736. The zero-order chi connectivity index (χ0) is 24.0. The molecule has 2 fully saturated rings. The molecule has 2 aliphatic heterocycles. The van der Waals surface area contributed by atoms with E-state index in [4.69, 9.17) is 11.6 Å². The van der Waals surface area contributed by atoms with E-state index in [0.29, 0.717) is 16.3 Å². The lowest BCUT2D eigenvalue weighted by Crippen LogP contribution is -2.81. The summed E-state index contributed by atoms with van der Waals surface area (Å²) in [7, 11) is 1.49. The molecule has 7 nitrogen and oxygen atoms in total. The molecule has 2 heterocycles. The third-order valence-electron chi connectivity index (χ3n) is 6.08. The third-order valence-corrected chi connectivity index (χ3v) is 6.32. The van der Waals surface area contributed by atoms with E-state index in [1.54, 1.807) is 24.3 Å². The van der Waals surface area contributed by atoms with Gasteiger partial charge in [0.25, 0.3) is 11.8 Å². The van der Waals surface area contributed by atoms with Crippen LogP contribution in [0.2, 0.25) is 5.02 Å². The number of piperazine rings is 1. The highest BCUT2D eigenvalue weighted by molar-refractivity contribution is 6.31. The highest BCUT2D eigenvalue weighted by atomic mass is 35.5. The van der Waals surface area contributed by atoms with Gasteiger partial charge >= 0.3 is 6.03 Å². The number of hydrogen-bond donors (Lipinski definition) is 1. The van der Waals surface area contributed by atoms with Crippen LogP contribution in [-0.2, 0) is 22.1 Å². The van der Waals surface area contributed by atoms with Crippen LogP contribution < -0.4 is 10.2 Å². The van der Waals surface area contributed by atoms with Crippen LogP contribution in [0.5, 0.6) is 0 Å². The molecule has 1 spiro atoms. The van der Waals surface area contributed by atoms with Crippen LogP contribution >= 0.6 is 11.6 Å². The van der Waals surface area contributed by atoms with E-state index < -0.39 is 11.5 Å². The molecular formula is C23H23ClF2N4O3. The van der Waals surface area contributed by atoms with Crippen LogP contribution in [0.3, 0.4) is 0 Å². The predicted molar refractivity (Wildman–Crippen MR) is 119 cm³/mol. The van der Waals surface area contributed by atoms with Crippen LogP contribution in [0.4, 0.5) is 19.3 Å². The Balaban J connectivity index is 1.65. The van der Waals surface area contributed by atoms with Gasteiger partial charge in [0.2, 0.25) is 5.91 Å². The summed E-state index contributed by atoms with van der Waals surface area (Å²) in [5.41, 5.74) is -0.285. The summed E-state index contributed by atoms with van der Waals surface area (Å²) in [6.45, 7) is 0.742. The number of hydrogen-bond acceptors (Lipinski definition) is 3. The van der Waals surface area contributed by atoms with Crippen LogP contribution in [0.15, 0.2) is 48.5 Å². The molecule has 0 bridgehead atoms. The van der Waals surface area contributed by atoms with Crippen LogP contribution in [0.25, 0.3) is 0 Å². The minimum absolute atomic E-state index is 0.0272. The third kappa shape index (κ3) is 4.13. The second-order valence-electron chi connectivity index (χ2n) is 8.38. The largest absolute Gasteiger partial charge is 0.341 e. The summed E-state index contributed by atoms with van der Waals surface area (Å²) in [6, 6.07) is 12.0. The Morgan fingerprint density at radius 3 is 2.39 bits per heavy atom. The van der Waals surface area contributed by atoms with Gasteiger partial charge in [-0.3, -0.25) is 9.59 Å². The molecule has 33 heavy (non-hydrogen) atoms. The molecule has 4 amide bonds. The van der Waals surface area contributed by atoms with Crippen molar-refractivity contribution in [3.63, 3.8) is 0 Å². The van der Waals surface area contributed by atoms with E-state index in [1.165, 1.54) is 46.0 Å². The Morgan fingerprint density at radius 1 is 1.15 bits per heavy atom. The SMILES string of the molecule is CNC(=O)N1CC2(C1)C(=O)N(c1cccc(Cl)c1)CC(=O)N2Cc1ccc(C(C)(F)F)cc1. The van der Waals surface area contributed by atoms with Gasteiger partial charge in [-0.25, -0.2) is 13.6 Å². The number of benzene rings is 2. The Kier molecular flexibility index (Phi) is 5.78. The van der Waals surface area contributed by atoms with Crippen molar-refractivity contribution in [1.29, 1.82) is 0 Å². The van der Waals surface area contributed by atoms with Gasteiger partial charge in [0.15, 0.2) is 5.54 Å². The standard InChI is InChI=1S/C23H23ClF2N4O3/c1-22(25,26)16-8-6-15(7-9-16)11-30-19(31)12-29(18-5-3-4-17(24)10-18)20(32)23(30)13-28(14-23)21(33)27-2/h3-10H,11-14H2,1-2H3,(H,27,33). The van der Waals surface area contributed by atoms with Gasteiger partial charge in [-0.1, -0.05) is 41.9 Å². The van der Waals surface area contributed by atoms with Gasteiger partial charge in [-0.2, -0.15) is 0 Å². The van der Waals surface area contributed by atoms with E-state index in [1.807, 2.05) is 0 Å². The minimum Gasteiger partial charge on any atom is -0.341 e. The number of nitrogens with zero attached hydrogens (tertiary/aromatic N) is 3. The molecule has 174 valence electrons. The molecule has 0 aromatic heterocycles. The average Bonchev–Trinajstić information content (AvgIpc) is 2.74. The van der Waals surface area contributed by atoms with E-state index in [0.717, 1.165) is 6.92 Å². The Labute approximate surface area is 194 Å². The van der Waals surface area contributed by atoms with E-state index in [9.17, 15) is 23.2 Å². The minimum atomic E-state index is -2.98. The van der Waals surface area contributed by atoms with E-state index in [-0.39, 0.29) is 49.6 Å². The number of anilines is 1. The summed E-state index contributed by atoms with van der Waals surface area (Å²) in [5, 5.41) is 2.95. The number of carbonyl (C=O) groups is 3. The molecule has 0 unspecified atom stereocenters. The number of alkyl halides is 2. The summed E-state index contributed by atoms with van der Waals surface area (Å²) < 4.78 is 27.1. The summed E-state index contributed by atoms with van der Waals surface area (Å²) >= 11 is 6.08.